The van der Waals surface area contributed by atoms with Gasteiger partial charge in [0, 0.05) is 24.0 Å². The van der Waals surface area contributed by atoms with E-state index in [0.29, 0.717) is 5.56 Å². The Kier molecular flexibility index (Phi) is 6.53. The van der Waals surface area contributed by atoms with Crippen molar-refractivity contribution in [3.8, 4) is 0 Å². The van der Waals surface area contributed by atoms with E-state index in [4.69, 9.17) is 13.8 Å². The average molecular weight is 374 g/mol. The Morgan fingerprint density at radius 1 is 1.40 bits per heavy atom. The van der Waals surface area contributed by atoms with Crippen LogP contribution in [0.4, 0.5) is 0 Å². The Hall–Kier alpha value is -1.51. The third kappa shape index (κ3) is 4.77. The van der Waals surface area contributed by atoms with Crippen LogP contribution in [0.3, 0.4) is 0 Å². The summed E-state index contributed by atoms with van der Waals surface area (Å²) in [5, 5.41) is 10.2. The van der Waals surface area contributed by atoms with E-state index in [-0.39, 0.29) is 19.6 Å². The molecule has 1 unspecified atom stereocenters. The molecule has 1 saturated heterocycles. The molecule has 0 aliphatic carbocycles. The molecule has 3 atom stereocenters. The van der Waals surface area contributed by atoms with E-state index in [9.17, 15) is 19.3 Å². The third-order valence-electron chi connectivity index (χ3n) is 3.67. The lowest BCUT2D eigenvalue weighted by Crippen LogP contribution is -2.33. The van der Waals surface area contributed by atoms with Gasteiger partial charge in [-0.15, -0.1) is 0 Å². The van der Waals surface area contributed by atoms with Gasteiger partial charge >= 0.3 is 13.3 Å². The number of nitrogens with one attached hydrogen (secondary N) is 1. The molecule has 2 heterocycles. The van der Waals surface area contributed by atoms with Gasteiger partial charge in [0.25, 0.3) is 5.56 Å². The van der Waals surface area contributed by atoms with Crippen molar-refractivity contribution in [2.24, 2.45) is 0 Å². The maximum Gasteiger partial charge on any atom is 0.353 e. The van der Waals surface area contributed by atoms with Crippen LogP contribution < -0.4 is 11.2 Å². The van der Waals surface area contributed by atoms with Crippen LogP contribution in [-0.2, 0) is 18.3 Å². The van der Waals surface area contributed by atoms with Crippen LogP contribution in [-0.4, -0.2) is 40.1 Å². The van der Waals surface area contributed by atoms with Crippen LogP contribution in [0.15, 0.2) is 27.7 Å². The molecule has 1 aliphatic rings. The van der Waals surface area contributed by atoms with Crippen LogP contribution in [0.5, 0.6) is 0 Å². The SMILES string of the molecule is CCOP(=O)(/C=C/[C@H]1O[C@@H](n2cc(C)c(=O)[nH]c2=O)CC1O)OCC. The second-order valence-electron chi connectivity index (χ2n) is 5.55. The monoisotopic (exact) mass is 374 g/mol. The van der Waals surface area contributed by atoms with E-state index >= 15 is 0 Å². The summed E-state index contributed by atoms with van der Waals surface area (Å²) in [6.45, 7) is 5.38. The molecular weight excluding hydrogens is 351 g/mol. The number of rotatable bonds is 7. The third-order valence-corrected chi connectivity index (χ3v) is 5.44. The van der Waals surface area contributed by atoms with Crippen molar-refractivity contribution in [3.63, 3.8) is 0 Å². The van der Waals surface area contributed by atoms with Gasteiger partial charge in [0.05, 0.1) is 19.3 Å². The highest BCUT2D eigenvalue weighted by molar-refractivity contribution is 7.57. The summed E-state index contributed by atoms with van der Waals surface area (Å²) in [4.78, 5) is 25.6. The molecule has 9 nitrogen and oxygen atoms in total. The van der Waals surface area contributed by atoms with E-state index in [1.165, 1.54) is 22.7 Å². The summed E-state index contributed by atoms with van der Waals surface area (Å²) in [5.74, 6) is 1.26. The highest BCUT2D eigenvalue weighted by Gasteiger charge is 2.35. The van der Waals surface area contributed by atoms with Gasteiger partial charge < -0.3 is 18.9 Å². The minimum Gasteiger partial charge on any atom is -0.390 e. The fourth-order valence-electron chi connectivity index (χ4n) is 2.49. The number of aromatic amines is 1. The van der Waals surface area contributed by atoms with Gasteiger partial charge in [-0.2, -0.15) is 0 Å². The zero-order valence-electron chi connectivity index (χ0n) is 14.4. The quantitative estimate of drug-likeness (QED) is 0.690. The van der Waals surface area contributed by atoms with Gasteiger partial charge in [0.15, 0.2) is 0 Å². The molecule has 0 saturated carbocycles. The lowest BCUT2D eigenvalue weighted by atomic mass is 10.2. The molecule has 1 aliphatic heterocycles. The molecule has 0 spiro atoms. The fourth-order valence-corrected chi connectivity index (χ4v) is 3.84. The van der Waals surface area contributed by atoms with Crippen LogP contribution in [0.25, 0.3) is 0 Å². The molecule has 0 amide bonds. The van der Waals surface area contributed by atoms with Crippen molar-refractivity contribution in [3.05, 3.63) is 44.5 Å². The van der Waals surface area contributed by atoms with Gasteiger partial charge in [0.2, 0.25) is 0 Å². The molecule has 2 rings (SSSR count). The largest absolute Gasteiger partial charge is 0.390 e. The number of nitrogens with zero attached hydrogens (tertiary/aromatic N) is 1. The summed E-state index contributed by atoms with van der Waals surface area (Å²) in [6, 6.07) is 0. The second-order valence-corrected chi connectivity index (χ2v) is 7.45. The van der Waals surface area contributed by atoms with E-state index in [0.717, 1.165) is 0 Å². The number of aliphatic hydroxyl groups excluding tert-OH is 1. The number of aliphatic hydroxyl groups is 1. The van der Waals surface area contributed by atoms with Crippen molar-refractivity contribution in [2.75, 3.05) is 13.2 Å². The molecule has 0 aromatic carbocycles. The van der Waals surface area contributed by atoms with Crippen molar-refractivity contribution in [1.29, 1.82) is 0 Å². The Bertz CT molecular complexity index is 775. The van der Waals surface area contributed by atoms with Crippen LogP contribution in [0.2, 0.25) is 0 Å². The fraction of sp³-hybridized carbons (Fsp3) is 0.600. The highest BCUT2D eigenvalue weighted by atomic mass is 31.2. The van der Waals surface area contributed by atoms with Crippen LogP contribution >= 0.6 is 7.60 Å². The normalized spacial score (nSPS) is 24.2. The highest BCUT2D eigenvalue weighted by Crippen LogP contribution is 2.50. The van der Waals surface area contributed by atoms with E-state index < -0.39 is 37.3 Å². The molecule has 140 valence electrons. The topological polar surface area (TPSA) is 120 Å². The zero-order valence-corrected chi connectivity index (χ0v) is 15.3. The van der Waals surface area contributed by atoms with E-state index in [2.05, 4.69) is 4.98 Å². The first kappa shape index (κ1) is 19.8. The van der Waals surface area contributed by atoms with Gasteiger partial charge in [-0.25, -0.2) is 4.79 Å². The maximum atomic E-state index is 12.4. The van der Waals surface area contributed by atoms with Crippen LogP contribution in [0.1, 0.15) is 32.1 Å². The Balaban J connectivity index is 2.17. The van der Waals surface area contributed by atoms with Gasteiger partial charge in [-0.1, -0.05) is 0 Å². The lowest BCUT2D eigenvalue weighted by molar-refractivity contribution is 0.00472. The number of hydrogen-bond donors (Lipinski definition) is 2. The number of hydrogen-bond acceptors (Lipinski definition) is 7. The first-order chi connectivity index (χ1) is 11.8. The Morgan fingerprint density at radius 3 is 2.64 bits per heavy atom. The summed E-state index contributed by atoms with van der Waals surface area (Å²) in [6.07, 6.45) is 0.520. The van der Waals surface area contributed by atoms with Crippen molar-refractivity contribution in [2.45, 2.75) is 45.6 Å². The van der Waals surface area contributed by atoms with E-state index in [1.54, 1.807) is 20.8 Å². The molecule has 1 aromatic rings. The minimum absolute atomic E-state index is 0.147. The number of H-pyrrole nitrogens is 1. The predicted molar refractivity (Wildman–Crippen MR) is 90.6 cm³/mol. The number of aromatic nitrogens is 2. The molecule has 1 fully saturated rings. The van der Waals surface area contributed by atoms with Gasteiger partial charge in [0.1, 0.15) is 12.3 Å². The molecule has 25 heavy (non-hydrogen) atoms. The first-order valence-electron chi connectivity index (χ1n) is 8.03. The van der Waals surface area contributed by atoms with Crippen LogP contribution in [0, 0.1) is 6.92 Å². The predicted octanol–water partition coefficient (Wildman–Crippen LogP) is 1.27. The average Bonchev–Trinajstić information content (AvgIpc) is 2.90. The molecule has 10 heteroatoms. The smallest absolute Gasteiger partial charge is 0.353 e. The van der Waals surface area contributed by atoms with Crippen molar-refractivity contribution in [1.82, 2.24) is 9.55 Å². The second kappa shape index (κ2) is 8.25. The molecular formula is C15H23N2O7P. The Labute approximate surface area is 144 Å². The molecule has 0 bridgehead atoms. The summed E-state index contributed by atoms with van der Waals surface area (Å²) >= 11 is 0. The summed E-state index contributed by atoms with van der Waals surface area (Å²) in [5.41, 5.74) is -0.730. The standard InChI is InChI=1S/C15H23N2O7P/c1-4-22-25(21,23-5-2)7-6-12-11(18)8-13(24-12)17-9-10(3)14(19)16-15(17)20/h6-7,9,11-13,18H,4-5,8H2,1-3H3,(H,16,19,20)/b7-6+/t11?,12-,13-/m1/s1. The first-order valence-corrected chi connectivity index (χ1v) is 9.64. The summed E-state index contributed by atoms with van der Waals surface area (Å²) in [7, 11) is -3.40. The van der Waals surface area contributed by atoms with Crippen molar-refractivity contribution < 1.29 is 23.5 Å². The molecule has 2 N–H and O–H groups in total. The van der Waals surface area contributed by atoms with E-state index in [1.807, 2.05) is 0 Å². The Morgan fingerprint density at radius 2 is 2.04 bits per heavy atom. The van der Waals surface area contributed by atoms with Crippen molar-refractivity contribution >= 4 is 7.60 Å². The maximum absolute atomic E-state index is 12.4. The summed E-state index contributed by atoms with van der Waals surface area (Å²) < 4.78 is 29.6. The minimum atomic E-state index is -3.40. The zero-order chi connectivity index (χ0) is 18.6. The van der Waals surface area contributed by atoms with Gasteiger partial charge in [-0.3, -0.25) is 18.9 Å². The molecule has 0 radical (unpaired) electrons. The number of ether oxygens (including phenoxy) is 1. The number of aryl methyl sites for hydroxylation is 1. The molecule has 1 aromatic heterocycles. The van der Waals surface area contributed by atoms with Gasteiger partial charge in [-0.05, 0) is 26.8 Å². The lowest BCUT2D eigenvalue weighted by Gasteiger charge is -2.16.